The quantitative estimate of drug-likeness (QED) is 0.871. The molecule has 0 radical (unpaired) electrons. The maximum atomic E-state index is 10.7. The Labute approximate surface area is 117 Å². The van der Waals surface area contributed by atoms with Crippen LogP contribution in [0.15, 0.2) is 42.6 Å². The van der Waals surface area contributed by atoms with Crippen LogP contribution in [0.1, 0.15) is 11.1 Å². The smallest absolute Gasteiger partial charge is 0.320 e. The van der Waals surface area contributed by atoms with Crippen molar-refractivity contribution in [2.75, 3.05) is 0 Å². The minimum absolute atomic E-state index is 0.290. The number of aryl methyl sites for hydroxylation is 1. The zero-order valence-corrected chi connectivity index (χ0v) is 11.1. The SMILES string of the molecule is Cc1ccnc(Oc2ccc(C[C@H](N)C(=O)O)cc2)c1. The zero-order valence-electron chi connectivity index (χ0n) is 11.1. The minimum atomic E-state index is -1.01. The fraction of sp³-hybridized carbons (Fsp3) is 0.200. The molecular weight excluding hydrogens is 256 g/mol. The third kappa shape index (κ3) is 3.80. The molecule has 104 valence electrons. The topological polar surface area (TPSA) is 85.4 Å². The van der Waals surface area contributed by atoms with Crippen LogP contribution in [0.5, 0.6) is 11.6 Å². The number of hydrogen-bond acceptors (Lipinski definition) is 4. The molecule has 0 saturated heterocycles. The molecule has 3 N–H and O–H groups in total. The van der Waals surface area contributed by atoms with E-state index in [0.29, 0.717) is 11.6 Å². The number of rotatable bonds is 5. The number of pyridine rings is 1. The molecule has 0 unspecified atom stereocenters. The van der Waals surface area contributed by atoms with Gasteiger partial charge in [0, 0.05) is 12.3 Å². The van der Waals surface area contributed by atoms with Gasteiger partial charge < -0.3 is 15.6 Å². The molecular formula is C15H16N2O3. The summed E-state index contributed by atoms with van der Waals surface area (Å²) in [7, 11) is 0. The van der Waals surface area contributed by atoms with E-state index >= 15 is 0 Å². The van der Waals surface area contributed by atoms with Crippen molar-refractivity contribution in [3.05, 3.63) is 53.7 Å². The van der Waals surface area contributed by atoms with Crippen molar-refractivity contribution in [1.29, 1.82) is 0 Å². The molecule has 5 heteroatoms. The predicted molar refractivity (Wildman–Crippen MR) is 74.8 cm³/mol. The highest BCUT2D eigenvalue weighted by molar-refractivity contribution is 5.73. The van der Waals surface area contributed by atoms with Crippen molar-refractivity contribution in [3.8, 4) is 11.6 Å². The fourth-order valence-electron chi connectivity index (χ4n) is 1.72. The summed E-state index contributed by atoms with van der Waals surface area (Å²) in [6.45, 7) is 1.96. The minimum Gasteiger partial charge on any atom is -0.480 e. The molecule has 0 amide bonds. The normalized spacial score (nSPS) is 11.9. The van der Waals surface area contributed by atoms with E-state index in [1.54, 1.807) is 30.5 Å². The summed E-state index contributed by atoms with van der Waals surface area (Å²) >= 11 is 0. The van der Waals surface area contributed by atoms with Crippen molar-refractivity contribution in [2.45, 2.75) is 19.4 Å². The van der Waals surface area contributed by atoms with Crippen LogP contribution in [-0.2, 0) is 11.2 Å². The first kappa shape index (κ1) is 14.0. The highest BCUT2D eigenvalue weighted by Gasteiger charge is 2.11. The Balaban J connectivity index is 2.03. The average molecular weight is 272 g/mol. The monoisotopic (exact) mass is 272 g/mol. The number of hydrogen-bond donors (Lipinski definition) is 2. The van der Waals surface area contributed by atoms with Crippen LogP contribution in [0.3, 0.4) is 0 Å². The van der Waals surface area contributed by atoms with E-state index in [0.717, 1.165) is 11.1 Å². The summed E-state index contributed by atoms with van der Waals surface area (Å²) in [6, 6.07) is 9.99. The lowest BCUT2D eigenvalue weighted by atomic mass is 10.1. The summed E-state index contributed by atoms with van der Waals surface area (Å²) < 4.78 is 5.61. The van der Waals surface area contributed by atoms with Crippen molar-refractivity contribution in [1.82, 2.24) is 4.98 Å². The van der Waals surface area contributed by atoms with Crippen LogP contribution >= 0.6 is 0 Å². The fourth-order valence-corrected chi connectivity index (χ4v) is 1.72. The van der Waals surface area contributed by atoms with Gasteiger partial charge in [-0.2, -0.15) is 0 Å². The lowest BCUT2D eigenvalue weighted by Gasteiger charge is -2.08. The highest BCUT2D eigenvalue weighted by Crippen LogP contribution is 2.20. The standard InChI is InChI=1S/C15H16N2O3/c1-10-6-7-17-14(8-10)20-12-4-2-11(3-5-12)9-13(16)15(18)19/h2-8,13H,9,16H2,1H3,(H,18,19)/t13-/m0/s1. The van der Waals surface area contributed by atoms with Crippen LogP contribution in [0.2, 0.25) is 0 Å². The predicted octanol–water partition coefficient (Wildman–Crippen LogP) is 2.14. The van der Waals surface area contributed by atoms with Gasteiger partial charge in [-0.05, 0) is 42.7 Å². The molecule has 2 aromatic rings. The van der Waals surface area contributed by atoms with E-state index in [1.807, 2.05) is 19.1 Å². The third-order valence-electron chi connectivity index (χ3n) is 2.81. The first-order valence-electron chi connectivity index (χ1n) is 6.22. The molecule has 2 rings (SSSR count). The number of ether oxygens (including phenoxy) is 1. The lowest BCUT2D eigenvalue weighted by molar-refractivity contribution is -0.138. The van der Waals surface area contributed by atoms with Crippen LogP contribution in [-0.4, -0.2) is 22.1 Å². The Morgan fingerprint density at radius 2 is 2.05 bits per heavy atom. The van der Waals surface area contributed by atoms with E-state index in [2.05, 4.69) is 4.98 Å². The number of nitrogens with two attached hydrogens (primary N) is 1. The number of aromatic nitrogens is 1. The van der Waals surface area contributed by atoms with Gasteiger partial charge in [-0.3, -0.25) is 4.79 Å². The van der Waals surface area contributed by atoms with E-state index in [9.17, 15) is 4.79 Å². The second-order valence-electron chi connectivity index (χ2n) is 4.57. The molecule has 0 bridgehead atoms. The number of benzene rings is 1. The van der Waals surface area contributed by atoms with E-state index in [1.165, 1.54) is 0 Å². The van der Waals surface area contributed by atoms with Crippen LogP contribution in [0.4, 0.5) is 0 Å². The summed E-state index contributed by atoms with van der Waals surface area (Å²) in [5, 5.41) is 8.76. The van der Waals surface area contributed by atoms with Gasteiger partial charge in [0.25, 0.3) is 0 Å². The maximum absolute atomic E-state index is 10.7. The Morgan fingerprint density at radius 3 is 2.65 bits per heavy atom. The largest absolute Gasteiger partial charge is 0.480 e. The molecule has 1 aromatic heterocycles. The Morgan fingerprint density at radius 1 is 1.35 bits per heavy atom. The summed E-state index contributed by atoms with van der Waals surface area (Å²) in [5.74, 6) is 0.171. The molecule has 0 fully saturated rings. The lowest BCUT2D eigenvalue weighted by Crippen LogP contribution is -2.32. The van der Waals surface area contributed by atoms with E-state index < -0.39 is 12.0 Å². The second kappa shape index (κ2) is 6.16. The molecule has 5 nitrogen and oxygen atoms in total. The van der Waals surface area contributed by atoms with Gasteiger partial charge in [-0.25, -0.2) is 4.98 Å². The third-order valence-corrected chi connectivity index (χ3v) is 2.81. The summed E-state index contributed by atoms with van der Waals surface area (Å²) in [5.41, 5.74) is 7.41. The molecule has 0 aliphatic carbocycles. The Kier molecular flexibility index (Phi) is 4.32. The molecule has 1 atom stereocenters. The van der Waals surface area contributed by atoms with Crippen LogP contribution < -0.4 is 10.5 Å². The molecule has 0 saturated carbocycles. The first-order chi connectivity index (χ1) is 9.54. The van der Waals surface area contributed by atoms with Gasteiger partial charge in [-0.1, -0.05) is 12.1 Å². The van der Waals surface area contributed by atoms with Gasteiger partial charge in [0.05, 0.1) is 0 Å². The van der Waals surface area contributed by atoms with Crippen LogP contribution in [0.25, 0.3) is 0 Å². The van der Waals surface area contributed by atoms with Gasteiger partial charge in [-0.15, -0.1) is 0 Å². The van der Waals surface area contributed by atoms with Crippen molar-refractivity contribution < 1.29 is 14.6 Å². The van der Waals surface area contributed by atoms with Gasteiger partial charge in [0.2, 0.25) is 5.88 Å². The Bertz CT molecular complexity index is 596. The second-order valence-corrected chi connectivity index (χ2v) is 4.57. The first-order valence-corrected chi connectivity index (χ1v) is 6.22. The van der Waals surface area contributed by atoms with Crippen molar-refractivity contribution >= 4 is 5.97 Å². The maximum Gasteiger partial charge on any atom is 0.320 e. The van der Waals surface area contributed by atoms with Gasteiger partial charge in [0.15, 0.2) is 0 Å². The zero-order chi connectivity index (χ0) is 14.5. The van der Waals surface area contributed by atoms with E-state index in [-0.39, 0.29) is 6.42 Å². The molecule has 0 aliphatic heterocycles. The molecule has 0 aliphatic rings. The number of nitrogens with zero attached hydrogens (tertiary/aromatic N) is 1. The van der Waals surface area contributed by atoms with Crippen molar-refractivity contribution in [3.63, 3.8) is 0 Å². The van der Waals surface area contributed by atoms with Gasteiger partial charge >= 0.3 is 5.97 Å². The molecule has 1 heterocycles. The summed E-state index contributed by atoms with van der Waals surface area (Å²) in [6.07, 6.45) is 1.98. The highest BCUT2D eigenvalue weighted by atomic mass is 16.5. The van der Waals surface area contributed by atoms with E-state index in [4.69, 9.17) is 15.6 Å². The average Bonchev–Trinajstić information content (AvgIpc) is 2.41. The molecule has 20 heavy (non-hydrogen) atoms. The number of carboxylic acids is 1. The number of carbonyl (C=O) groups is 1. The van der Waals surface area contributed by atoms with Crippen LogP contribution in [0, 0.1) is 6.92 Å². The number of aliphatic carboxylic acids is 1. The Hall–Kier alpha value is -2.40. The number of carboxylic acid groups (broad SMARTS) is 1. The van der Waals surface area contributed by atoms with Crippen molar-refractivity contribution in [2.24, 2.45) is 5.73 Å². The molecule has 1 aromatic carbocycles. The summed E-state index contributed by atoms with van der Waals surface area (Å²) in [4.78, 5) is 14.8. The van der Waals surface area contributed by atoms with Gasteiger partial charge in [0.1, 0.15) is 11.8 Å². The molecule has 0 spiro atoms.